The monoisotopic (exact) mass is 379 g/mol. The second-order valence-electron chi connectivity index (χ2n) is 8.24. The molecule has 1 amide bonds. The molecule has 5 rings (SSSR count). The Balaban J connectivity index is 1.67. The zero-order valence-corrected chi connectivity index (χ0v) is 15.6. The van der Waals surface area contributed by atoms with Gasteiger partial charge >= 0.3 is 0 Å². The zero-order valence-electron chi connectivity index (χ0n) is 15.6. The molecule has 2 aliphatic carbocycles. The van der Waals surface area contributed by atoms with Crippen LogP contribution >= 0.6 is 0 Å². The summed E-state index contributed by atoms with van der Waals surface area (Å²) in [5.74, 6) is -1.52. The number of carbonyl (C=O) groups is 1. The highest BCUT2D eigenvalue weighted by Crippen LogP contribution is 2.67. The topological polar surface area (TPSA) is 54.9 Å². The van der Waals surface area contributed by atoms with E-state index in [0.717, 1.165) is 41.3 Å². The summed E-state index contributed by atoms with van der Waals surface area (Å²) in [6.07, 6.45) is 1.42. The van der Waals surface area contributed by atoms with Gasteiger partial charge in [0.2, 0.25) is 5.91 Å². The smallest absolute Gasteiger partial charge is 0.237 e. The molecule has 1 fully saturated rings. The Kier molecular flexibility index (Phi) is 3.42. The molecule has 3 aromatic rings. The average molecular weight is 379 g/mol. The summed E-state index contributed by atoms with van der Waals surface area (Å²) in [4.78, 5) is 23.1. The normalized spacial score (nSPS) is 24.4. The van der Waals surface area contributed by atoms with E-state index >= 15 is 0 Å². The fourth-order valence-electron chi connectivity index (χ4n) is 5.15. The molecule has 2 aromatic carbocycles. The van der Waals surface area contributed by atoms with Crippen molar-refractivity contribution >= 4 is 22.6 Å². The number of benzene rings is 2. The van der Waals surface area contributed by atoms with Crippen LogP contribution in [0.5, 0.6) is 0 Å². The number of halogens is 2. The molecule has 2 atom stereocenters. The first-order chi connectivity index (χ1) is 13.3. The third-order valence-electron chi connectivity index (χ3n) is 6.68. The zero-order chi connectivity index (χ0) is 19.7. The lowest BCUT2D eigenvalue weighted by molar-refractivity contribution is -0.124. The maximum Gasteiger partial charge on any atom is 0.237 e. The molecular formula is C22H19F2N3O. The molecule has 0 aliphatic heterocycles. The first kappa shape index (κ1) is 17.2. The molecular weight excluding hydrogens is 360 g/mol. The summed E-state index contributed by atoms with van der Waals surface area (Å²) >= 11 is 0. The van der Waals surface area contributed by atoms with Crippen LogP contribution in [-0.2, 0) is 10.2 Å². The van der Waals surface area contributed by atoms with Gasteiger partial charge in [-0.05, 0) is 42.5 Å². The van der Waals surface area contributed by atoms with Gasteiger partial charge in [-0.3, -0.25) is 4.79 Å². The summed E-state index contributed by atoms with van der Waals surface area (Å²) in [5, 5.41) is 2.63. The Morgan fingerprint density at radius 3 is 2.57 bits per heavy atom. The van der Waals surface area contributed by atoms with Crippen molar-refractivity contribution in [3.05, 3.63) is 65.5 Å². The largest absolute Gasteiger partial charge is 0.323 e. The Morgan fingerprint density at radius 1 is 1.11 bits per heavy atom. The number of fused-ring (bicyclic) bond motifs is 6. The molecule has 142 valence electrons. The number of aromatic nitrogens is 2. The molecule has 1 heterocycles. The van der Waals surface area contributed by atoms with Crippen molar-refractivity contribution in [2.75, 3.05) is 5.32 Å². The lowest BCUT2D eigenvalue weighted by Gasteiger charge is -2.36. The number of nitrogens with one attached hydrogen (secondary N) is 1. The molecule has 6 heteroatoms. The Bertz CT molecular complexity index is 1140. The van der Waals surface area contributed by atoms with Crippen LogP contribution in [0.3, 0.4) is 0 Å². The molecule has 1 N–H and O–H groups in total. The van der Waals surface area contributed by atoms with Crippen molar-refractivity contribution in [1.82, 2.24) is 9.97 Å². The highest BCUT2D eigenvalue weighted by Gasteiger charge is 2.67. The van der Waals surface area contributed by atoms with Crippen LogP contribution in [0.2, 0.25) is 0 Å². The molecule has 0 saturated heterocycles. The van der Waals surface area contributed by atoms with Crippen molar-refractivity contribution in [3.8, 4) is 0 Å². The molecule has 2 bridgehead atoms. The minimum Gasteiger partial charge on any atom is -0.323 e. The standard InChI is InChI=1S/C22H19F2N3O/c1-21(2)13-9-10-22(21,20(28)27-17-11-12(23)7-8-14(17)24)19-18(13)25-15-5-3-4-6-16(15)26-19/h3-8,11,13H,9-10H2,1-2H3,(H,27,28). The molecule has 0 radical (unpaired) electrons. The van der Waals surface area contributed by atoms with E-state index in [9.17, 15) is 13.6 Å². The summed E-state index contributed by atoms with van der Waals surface area (Å²) in [6.45, 7) is 4.08. The number of para-hydroxylation sites is 2. The fraction of sp³-hybridized carbons (Fsp3) is 0.318. The molecule has 28 heavy (non-hydrogen) atoms. The van der Waals surface area contributed by atoms with E-state index in [-0.39, 0.29) is 17.5 Å². The summed E-state index contributed by atoms with van der Waals surface area (Å²) in [5.41, 5.74) is 1.54. The number of nitrogens with zero attached hydrogens (tertiary/aromatic N) is 2. The number of hydrogen-bond acceptors (Lipinski definition) is 3. The Morgan fingerprint density at radius 2 is 1.82 bits per heavy atom. The van der Waals surface area contributed by atoms with Crippen LogP contribution in [0.25, 0.3) is 11.0 Å². The van der Waals surface area contributed by atoms with Crippen molar-refractivity contribution in [2.24, 2.45) is 5.41 Å². The van der Waals surface area contributed by atoms with E-state index in [1.165, 1.54) is 0 Å². The van der Waals surface area contributed by atoms with E-state index < -0.39 is 22.5 Å². The summed E-state index contributed by atoms with van der Waals surface area (Å²) in [6, 6.07) is 10.6. The van der Waals surface area contributed by atoms with Crippen LogP contribution in [0.1, 0.15) is 44.0 Å². The maximum atomic E-state index is 14.1. The third-order valence-corrected chi connectivity index (χ3v) is 6.68. The highest BCUT2D eigenvalue weighted by molar-refractivity contribution is 6.01. The summed E-state index contributed by atoms with van der Waals surface area (Å²) in [7, 11) is 0. The van der Waals surface area contributed by atoms with Crippen molar-refractivity contribution in [2.45, 2.75) is 38.0 Å². The highest BCUT2D eigenvalue weighted by atomic mass is 19.1. The minimum atomic E-state index is -0.928. The summed E-state index contributed by atoms with van der Waals surface area (Å²) < 4.78 is 27.7. The lowest BCUT2D eigenvalue weighted by atomic mass is 9.67. The minimum absolute atomic E-state index is 0.0997. The van der Waals surface area contributed by atoms with E-state index in [1.54, 1.807) is 0 Å². The number of anilines is 1. The average Bonchev–Trinajstić information content (AvgIpc) is 3.04. The molecule has 1 aromatic heterocycles. The van der Waals surface area contributed by atoms with Gasteiger partial charge < -0.3 is 5.32 Å². The number of rotatable bonds is 2. The quantitative estimate of drug-likeness (QED) is 0.702. The van der Waals surface area contributed by atoms with Gasteiger partial charge in [-0.15, -0.1) is 0 Å². The van der Waals surface area contributed by atoms with Crippen molar-refractivity contribution in [3.63, 3.8) is 0 Å². The molecule has 1 saturated carbocycles. The number of amides is 1. The Hall–Kier alpha value is -2.89. The van der Waals surface area contributed by atoms with Crippen LogP contribution in [0.4, 0.5) is 14.5 Å². The van der Waals surface area contributed by atoms with Crippen LogP contribution in [0.15, 0.2) is 42.5 Å². The van der Waals surface area contributed by atoms with Gasteiger partial charge in [-0.25, -0.2) is 18.7 Å². The maximum absolute atomic E-state index is 14.1. The van der Waals surface area contributed by atoms with E-state index in [2.05, 4.69) is 5.32 Å². The van der Waals surface area contributed by atoms with Gasteiger partial charge in [0.1, 0.15) is 11.6 Å². The second kappa shape index (κ2) is 5.56. The van der Waals surface area contributed by atoms with E-state index in [4.69, 9.17) is 9.97 Å². The number of carbonyl (C=O) groups excluding carboxylic acids is 1. The van der Waals surface area contributed by atoms with Gasteiger partial charge in [-0.2, -0.15) is 0 Å². The van der Waals surface area contributed by atoms with Crippen molar-refractivity contribution in [1.29, 1.82) is 0 Å². The predicted octanol–water partition coefficient (Wildman–Crippen LogP) is 4.70. The Labute approximate surface area is 161 Å². The van der Waals surface area contributed by atoms with Crippen LogP contribution in [-0.4, -0.2) is 15.9 Å². The first-order valence-electron chi connectivity index (χ1n) is 9.38. The predicted molar refractivity (Wildman–Crippen MR) is 102 cm³/mol. The molecule has 2 aliphatic rings. The fourth-order valence-corrected chi connectivity index (χ4v) is 5.15. The second-order valence-corrected chi connectivity index (χ2v) is 8.24. The van der Waals surface area contributed by atoms with Crippen LogP contribution in [0, 0.1) is 17.0 Å². The van der Waals surface area contributed by atoms with Gasteiger partial charge in [-0.1, -0.05) is 26.0 Å². The number of hydrogen-bond donors (Lipinski definition) is 1. The van der Waals surface area contributed by atoms with Crippen LogP contribution < -0.4 is 5.32 Å². The third kappa shape index (κ3) is 2.06. The lowest BCUT2D eigenvalue weighted by Crippen LogP contribution is -2.46. The first-order valence-corrected chi connectivity index (χ1v) is 9.38. The van der Waals surface area contributed by atoms with E-state index in [1.807, 2.05) is 38.1 Å². The molecule has 0 spiro atoms. The van der Waals surface area contributed by atoms with E-state index in [0.29, 0.717) is 12.1 Å². The van der Waals surface area contributed by atoms with Gasteiger partial charge in [0.15, 0.2) is 0 Å². The van der Waals surface area contributed by atoms with Gasteiger partial charge in [0, 0.05) is 12.0 Å². The van der Waals surface area contributed by atoms with Crippen molar-refractivity contribution < 1.29 is 13.6 Å². The van der Waals surface area contributed by atoms with Gasteiger partial charge in [0.25, 0.3) is 0 Å². The molecule has 4 nitrogen and oxygen atoms in total. The SMILES string of the molecule is CC1(C)C2CCC1(C(=O)Nc1cc(F)ccc1F)c1nc3ccccc3nc12. The molecule has 2 unspecified atom stereocenters. The van der Waals surface area contributed by atoms with Gasteiger partial charge in [0.05, 0.1) is 33.5 Å².